The molecule has 0 radical (unpaired) electrons. The van der Waals surface area contributed by atoms with Crippen LogP contribution in [0.3, 0.4) is 0 Å². The van der Waals surface area contributed by atoms with Crippen LogP contribution >= 0.6 is 0 Å². The van der Waals surface area contributed by atoms with Crippen LogP contribution in [0.25, 0.3) is 27.6 Å². The van der Waals surface area contributed by atoms with Gasteiger partial charge in [-0.25, -0.2) is 0 Å². The van der Waals surface area contributed by atoms with Gasteiger partial charge in [0.1, 0.15) is 0 Å². The van der Waals surface area contributed by atoms with E-state index in [1.165, 1.54) is 7.11 Å². The van der Waals surface area contributed by atoms with E-state index >= 15 is 0 Å². The number of hydrogen-bond acceptors (Lipinski definition) is 10. The molecule has 0 aromatic carbocycles. The summed E-state index contributed by atoms with van der Waals surface area (Å²) in [5.74, 6) is -0.779. The Balaban J connectivity index is 1.65. The quantitative estimate of drug-likeness (QED) is 0.238. The third-order valence-corrected chi connectivity index (χ3v) is 11.7. The van der Waals surface area contributed by atoms with Gasteiger partial charge in [0.25, 0.3) is 0 Å². The fourth-order valence-electron chi connectivity index (χ4n) is 8.60. The van der Waals surface area contributed by atoms with Gasteiger partial charge in [0, 0.05) is 64.5 Å². The Morgan fingerprint density at radius 1 is 1.02 bits per heavy atom. The molecule has 0 amide bonds. The molecule has 5 heterocycles. The molecule has 2 aliphatic heterocycles. The summed E-state index contributed by atoms with van der Waals surface area (Å²) >= 11 is 0. The number of nitriles is 4. The van der Waals surface area contributed by atoms with E-state index in [4.69, 9.17) is 14.7 Å². The predicted molar refractivity (Wildman–Crippen MR) is 184 cm³/mol. The van der Waals surface area contributed by atoms with Crippen LogP contribution in [-0.4, -0.2) is 45.1 Å². The first-order valence-corrected chi connectivity index (χ1v) is 16.6. The molecule has 12 nitrogen and oxygen atoms in total. The van der Waals surface area contributed by atoms with Crippen molar-refractivity contribution in [3.8, 4) is 24.3 Å². The Bertz CT molecular complexity index is 2480. The SMILES string of the molecule is COC(=O)CC[C@@H]1c2nc(cc3[nH]c(cc4nc(cc5[nH]c6c2CC(=O)c6c5C)C2=CCC(C#N)(C#N)C(C#N)(C#N)C24C)c(C=O)c3C)[C@H]1C. The fraction of sp³-hybridized carbons (Fsp3) is 0.359. The molecule has 0 saturated carbocycles. The molecule has 0 spiro atoms. The standard InChI is InChI=1S/C39H32N8O4/c1-19-22(6-7-33(50)51-5)35-23-10-31(49)34-21(3)28(47-36(23)34)12-30-25-8-9-38(15-40,16-41)39(17-42,18-43)37(25,4)32(45-30)13-29-24(14-48)20(2)26(44-29)11-27(19)46-35/h8,11-14,19,22,44,47H,6-7,9-10H2,1-5H3/t19-,22-,37?/m0/s1. The molecule has 1 unspecified atom stereocenters. The van der Waals surface area contributed by atoms with Crippen LogP contribution in [0.2, 0.25) is 0 Å². The van der Waals surface area contributed by atoms with Gasteiger partial charge >= 0.3 is 5.97 Å². The van der Waals surface area contributed by atoms with Crippen LogP contribution in [0.1, 0.15) is 105 Å². The molecular formula is C39H32N8O4. The Hall–Kier alpha value is -6.37. The maximum absolute atomic E-state index is 13.7. The fourth-order valence-corrected chi connectivity index (χ4v) is 8.60. The van der Waals surface area contributed by atoms with Crippen LogP contribution in [0.5, 0.6) is 0 Å². The van der Waals surface area contributed by atoms with E-state index in [9.17, 15) is 35.4 Å². The van der Waals surface area contributed by atoms with Gasteiger partial charge in [0.05, 0.1) is 64.9 Å². The molecule has 0 fully saturated rings. The van der Waals surface area contributed by atoms with Crippen molar-refractivity contribution in [3.05, 3.63) is 74.9 Å². The van der Waals surface area contributed by atoms with Crippen molar-refractivity contribution in [2.24, 2.45) is 10.8 Å². The lowest BCUT2D eigenvalue weighted by atomic mass is 9.46. The summed E-state index contributed by atoms with van der Waals surface area (Å²) < 4.78 is 4.94. The number of rotatable bonds is 4. The van der Waals surface area contributed by atoms with E-state index in [0.29, 0.717) is 79.7 Å². The molecule has 3 aromatic rings. The normalized spacial score (nSPS) is 22.1. The molecule has 2 aliphatic carbocycles. The molecule has 2 N–H and O–H groups in total. The van der Waals surface area contributed by atoms with Crippen molar-refractivity contribution in [1.29, 1.82) is 21.0 Å². The molecule has 252 valence electrons. The number of aromatic nitrogens is 4. The predicted octanol–water partition coefficient (Wildman–Crippen LogP) is 6.14. The summed E-state index contributed by atoms with van der Waals surface area (Å²) in [5.41, 5.74) is 1.77. The lowest BCUT2D eigenvalue weighted by molar-refractivity contribution is -0.140. The number of aromatic amines is 2. The lowest BCUT2D eigenvalue weighted by Crippen LogP contribution is -2.54. The van der Waals surface area contributed by atoms with Crippen molar-refractivity contribution < 1.29 is 19.1 Å². The number of Topliss-reactive ketones (excluding diaryl/α,β-unsaturated/α-hetero) is 1. The zero-order valence-corrected chi connectivity index (χ0v) is 28.7. The minimum absolute atomic E-state index is 0.0778. The highest BCUT2D eigenvalue weighted by Gasteiger charge is 2.70. The Labute approximate surface area is 293 Å². The minimum Gasteiger partial charge on any atom is -0.469 e. The summed E-state index contributed by atoms with van der Waals surface area (Å²) in [5, 5.41) is 42.2. The van der Waals surface area contributed by atoms with Crippen LogP contribution in [0, 0.1) is 70.0 Å². The molecule has 8 bridgehead atoms. The van der Waals surface area contributed by atoms with Crippen molar-refractivity contribution in [2.45, 2.75) is 70.6 Å². The van der Waals surface area contributed by atoms with Gasteiger partial charge in [-0.1, -0.05) is 13.0 Å². The maximum Gasteiger partial charge on any atom is 0.305 e. The van der Waals surface area contributed by atoms with Gasteiger partial charge in [0.15, 0.2) is 22.9 Å². The number of H-pyrrole nitrogens is 2. The van der Waals surface area contributed by atoms with Crippen molar-refractivity contribution >= 4 is 45.7 Å². The minimum atomic E-state index is -2.19. The van der Waals surface area contributed by atoms with Crippen LogP contribution in [-0.2, 0) is 21.4 Å². The average Bonchev–Trinajstić information content (AvgIpc) is 3.87. The number of hydrogen-bond donors (Lipinski definition) is 2. The number of methoxy groups -OCH3 is 1. The zero-order valence-electron chi connectivity index (χ0n) is 28.7. The number of carbonyl (C=O) groups is 3. The molecule has 4 aliphatic rings. The topological polar surface area (TPSA) is 213 Å². The Kier molecular flexibility index (Phi) is 7.37. The van der Waals surface area contributed by atoms with E-state index in [0.717, 1.165) is 5.56 Å². The number of allylic oxidation sites excluding steroid dienone is 2. The molecule has 51 heavy (non-hydrogen) atoms. The van der Waals surface area contributed by atoms with Crippen molar-refractivity contribution in [1.82, 2.24) is 19.9 Å². The number of carbonyl (C=O) groups excluding carboxylic acids is 3. The van der Waals surface area contributed by atoms with Gasteiger partial charge in [-0.15, -0.1) is 0 Å². The second-order valence-electron chi connectivity index (χ2n) is 13.9. The van der Waals surface area contributed by atoms with Gasteiger partial charge in [-0.05, 0) is 62.1 Å². The molecule has 3 aromatic heterocycles. The Morgan fingerprint density at radius 2 is 1.73 bits per heavy atom. The molecule has 3 atom stereocenters. The highest BCUT2D eigenvalue weighted by atomic mass is 16.5. The number of ether oxygens (including phenoxy) is 1. The van der Waals surface area contributed by atoms with E-state index in [1.54, 1.807) is 32.1 Å². The van der Waals surface area contributed by atoms with Crippen LogP contribution in [0.15, 0.2) is 24.3 Å². The second kappa shape index (κ2) is 11.3. The van der Waals surface area contributed by atoms with E-state index in [1.807, 2.05) is 32.1 Å². The number of esters is 1. The second-order valence-corrected chi connectivity index (χ2v) is 13.9. The van der Waals surface area contributed by atoms with Crippen molar-refractivity contribution in [3.63, 3.8) is 0 Å². The van der Waals surface area contributed by atoms with E-state index in [-0.39, 0.29) is 48.5 Å². The third-order valence-electron chi connectivity index (χ3n) is 11.7. The maximum atomic E-state index is 13.7. The number of aryl methyl sites for hydroxylation is 2. The van der Waals surface area contributed by atoms with Gasteiger partial charge in [0.2, 0.25) is 0 Å². The highest BCUT2D eigenvalue weighted by molar-refractivity contribution is 6.13. The molecular weight excluding hydrogens is 644 g/mol. The average molecular weight is 677 g/mol. The summed E-state index contributed by atoms with van der Waals surface area (Å²) in [6.45, 7) is 7.28. The largest absolute Gasteiger partial charge is 0.469 e. The third kappa shape index (κ3) is 4.17. The van der Waals surface area contributed by atoms with Crippen molar-refractivity contribution in [2.75, 3.05) is 7.11 Å². The molecule has 0 saturated heterocycles. The van der Waals surface area contributed by atoms with Gasteiger partial charge in [-0.2, -0.15) is 21.0 Å². The van der Waals surface area contributed by atoms with Crippen LogP contribution < -0.4 is 0 Å². The number of ketones is 1. The highest BCUT2D eigenvalue weighted by Crippen LogP contribution is 2.64. The summed E-state index contributed by atoms with van der Waals surface area (Å²) in [7, 11) is 1.35. The first-order valence-electron chi connectivity index (χ1n) is 16.6. The molecule has 12 heteroatoms. The monoisotopic (exact) mass is 676 g/mol. The first-order chi connectivity index (χ1) is 24.4. The van der Waals surface area contributed by atoms with Crippen LogP contribution in [0.4, 0.5) is 0 Å². The summed E-state index contributed by atoms with van der Waals surface area (Å²) in [6.07, 6.45) is 2.97. The van der Waals surface area contributed by atoms with Gasteiger partial charge in [-0.3, -0.25) is 24.4 Å². The number of nitrogens with zero attached hydrogens (tertiary/aromatic N) is 6. The van der Waals surface area contributed by atoms with E-state index < -0.39 is 16.2 Å². The van der Waals surface area contributed by atoms with E-state index in [2.05, 4.69) is 22.1 Å². The van der Waals surface area contributed by atoms with Gasteiger partial charge < -0.3 is 14.7 Å². The number of nitrogens with one attached hydrogen (secondary N) is 2. The summed E-state index contributed by atoms with van der Waals surface area (Å²) in [4.78, 5) is 55.4. The Morgan fingerprint density at radius 3 is 2.37 bits per heavy atom. The first kappa shape index (κ1) is 33.1. The smallest absolute Gasteiger partial charge is 0.305 e. The number of fused-ring (bicyclic) bond motifs is 11. The molecule has 7 rings (SSSR count). The lowest BCUT2D eigenvalue weighted by Gasteiger charge is -2.46. The number of aldehydes is 1. The summed E-state index contributed by atoms with van der Waals surface area (Å²) in [6, 6.07) is 13.4. The zero-order chi connectivity index (χ0) is 36.6.